The number of ketones is 1. The Balaban J connectivity index is 2.85. The monoisotopic (exact) mass is 210 g/mol. The van der Waals surface area contributed by atoms with Gasteiger partial charge in [0.1, 0.15) is 0 Å². The van der Waals surface area contributed by atoms with Crippen LogP contribution < -0.4 is 0 Å². The fourth-order valence-corrected chi connectivity index (χ4v) is 1.08. The molecule has 0 saturated carbocycles. The van der Waals surface area contributed by atoms with Gasteiger partial charge in [-0.25, -0.2) is 4.79 Å². The van der Waals surface area contributed by atoms with E-state index in [0.717, 1.165) is 12.2 Å². The predicted molar refractivity (Wildman–Crippen MR) is 52.6 cm³/mol. The van der Waals surface area contributed by atoms with Crippen molar-refractivity contribution in [2.45, 2.75) is 0 Å². The van der Waals surface area contributed by atoms with Crippen molar-refractivity contribution >= 4 is 23.4 Å². The van der Waals surface area contributed by atoms with Crippen molar-refractivity contribution in [3.05, 3.63) is 47.0 Å². The molecule has 0 unspecified atom stereocenters. The number of carboxylic acid groups (broad SMARTS) is 1. The van der Waals surface area contributed by atoms with Crippen molar-refractivity contribution in [1.29, 1.82) is 0 Å². The van der Waals surface area contributed by atoms with Gasteiger partial charge >= 0.3 is 5.97 Å². The number of benzene rings is 1. The topological polar surface area (TPSA) is 54.4 Å². The van der Waals surface area contributed by atoms with E-state index in [1.165, 1.54) is 6.07 Å². The van der Waals surface area contributed by atoms with Gasteiger partial charge in [-0.15, -0.1) is 0 Å². The molecule has 0 bridgehead atoms. The van der Waals surface area contributed by atoms with Crippen LogP contribution in [-0.4, -0.2) is 16.9 Å². The molecule has 0 radical (unpaired) electrons. The van der Waals surface area contributed by atoms with Crippen LogP contribution in [0.3, 0.4) is 0 Å². The molecule has 0 aliphatic carbocycles. The van der Waals surface area contributed by atoms with Gasteiger partial charge in [0.15, 0.2) is 5.78 Å². The summed E-state index contributed by atoms with van der Waals surface area (Å²) in [6.07, 6.45) is 1.79. The summed E-state index contributed by atoms with van der Waals surface area (Å²) in [5.74, 6) is -1.53. The molecule has 1 aromatic rings. The Kier molecular flexibility index (Phi) is 3.42. The summed E-state index contributed by atoms with van der Waals surface area (Å²) in [6, 6.07) is 6.32. The minimum absolute atomic E-state index is 0.370. The second kappa shape index (κ2) is 4.58. The van der Waals surface area contributed by atoms with Gasteiger partial charge < -0.3 is 5.11 Å². The number of allylic oxidation sites excluding steroid dienone is 1. The summed E-state index contributed by atoms with van der Waals surface area (Å²) in [5, 5.41) is 8.74. The number of aliphatic carboxylic acids is 1. The SMILES string of the molecule is O=C(O)C=CC(=O)c1cccc(Cl)c1. The molecular formula is C10H7ClO3. The second-order valence-electron chi connectivity index (χ2n) is 2.55. The summed E-state index contributed by atoms with van der Waals surface area (Å²) in [6.45, 7) is 0. The van der Waals surface area contributed by atoms with Crippen LogP contribution in [0.15, 0.2) is 36.4 Å². The molecule has 4 heteroatoms. The molecule has 14 heavy (non-hydrogen) atoms. The lowest BCUT2D eigenvalue weighted by atomic mass is 10.1. The van der Waals surface area contributed by atoms with Gasteiger partial charge in [-0.3, -0.25) is 4.79 Å². The van der Waals surface area contributed by atoms with Crippen molar-refractivity contribution in [3.8, 4) is 0 Å². The average Bonchev–Trinajstić information content (AvgIpc) is 2.14. The van der Waals surface area contributed by atoms with Crippen molar-refractivity contribution in [3.63, 3.8) is 0 Å². The quantitative estimate of drug-likeness (QED) is 0.615. The third kappa shape index (κ3) is 3.03. The lowest BCUT2D eigenvalue weighted by molar-refractivity contribution is -0.131. The Morgan fingerprint density at radius 3 is 2.57 bits per heavy atom. The molecule has 0 aliphatic heterocycles. The van der Waals surface area contributed by atoms with Crippen LogP contribution in [0.1, 0.15) is 10.4 Å². The highest BCUT2D eigenvalue weighted by Gasteiger charge is 2.02. The zero-order valence-corrected chi connectivity index (χ0v) is 7.86. The van der Waals surface area contributed by atoms with Crippen LogP contribution in [0.5, 0.6) is 0 Å². The maximum Gasteiger partial charge on any atom is 0.328 e. The van der Waals surface area contributed by atoms with Gasteiger partial charge in [0.2, 0.25) is 0 Å². The van der Waals surface area contributed by atoms with Gasteiger partial charge in [-0.05, 0) is 18.2 Å². The lowest BCUT2D eigenvalue weighted by Crippen LogP contribution is -1.96. The van der Waals surface area contributed by atoms with E-state index in [-0.39, 0.29) is 5.78 Å². The molecule has 1 N–H and O–H groups in total. The van der Waals surface area contributed by atoms with E-state index >= 15 is 0 Å². The van der Waals surface area contributed by atoms with Crippen molar-refractivity contribution < 1.29 is 14.7 Å². The van der Waals surface area contributed by atoms with Crippen LogP contribution in [-0.2, 0) is 4.79 Å². The minimum atomic E-state index is -1.15. The Morgan fingerprint density at radius 1 is 1.29 bits per heavy atom. The maximum atomic E-state index is 11.3. The zero-order valence-electron chi connectivity index (χ0n) is 7.11. The normalized spacial score (nSPS) is 10.4. The first kappa shape index (κ1) is 10.5. The van der Waals surface area contributed by atoms with Crippen LogP contribution in [0, 0.1) is 0 Å². The molecule has 1 rings (SSSR count). The zero-order chi connectivity index (χ0) is 10.6. The highest BCUT2D eigenvalue weighted by Crippen LogP contribution is 2.11. The molecule has 3 nitrogen and oxygen atoms in total. The Bertz CT molecular complexity index is 396. The minimum Gasteiger partial charge on any atom is -0.478 e. The first-order valence-electron chi connectivity index (χ1n) is 3.80. The largest absolute Gasteiger partial charge is 0.478 e. The van der Waals surface area contributed by atoms with Gasteiger partial charge in [0.25, 0.3) is 0 Å². The average molecular weight is 211 g/mol. The molecule has 0 aliphatic rings. The van der Waals surface area contributed by atoms with Gasteiger partial charge in [-0.1, -0.05) is 23.7 Å². The number of carbonyl (C=O) groups is 2. The van der Waals surface area contributed by atoms with E-state index in [9.17, 15) is 9.59 Å². The van der Waals surface area contributed by atoms with Gasteiger partial charge in [0.05, 0.1) is 0 Å². The van der Waals surface area contributed by atoms with E-state index < -0.39 is 5.97 Å². The Hall–Kier alpha value is -1.61. The maximum absolute atomic E-state index is 11.3. The molecule has 0 spiro atoms. The Labute approximate surface area is 85.6 Å². The smallest absolute Gasteiger partial charge is 0.328 e. The second-order valence-corrected chi connectivity index (χ2v) is 2.98. The van der Waals surface area contributed by atoms with Crippen molar-refractivity contribution in [1.82, 2.24) is 0 Å². The molecule has 0 heterocycles. The van der Waals surface area contributed by atoms with Crippen molar-refractivity contribution in [2.75, 3.05) is 0 Å². The molecule has 1 aromatic carbocycles. The number of carboxylic acids is 1. The fraction of sp³-hybridized carbons (Fsp3) is 0. The number of hydrogen-bond donors (Lipinski definition) is 1. The summed E-state index contributed by atoms with van der Waals surface area (Å²) in [5.41, 5.74) is 0.370. The first-order valence-corrected chi connectivity index (χ1v) is 4.18. The summed E-state index contributed by atoms with van der Waals surface area (Å²) in [7, 11) is 0. The third-order valence-electron chi connectivity index (χ3n) is 1.49. The standard InChI is InChI=1S/C10H7ClO3/c11-8-3-1-2-7(6-8)9(12)4-5-10(13)14/h1-6H,(H,13,14). The Morgan fingerprint density at radius 2 is 2.00 bits per heavy atom. The lowest BCUT2D eigenvalue weighted by Gasteiger charge is -1.95. The van der Waals surface area contributed by atoms with E-state index in [0.29, 0.717) is 10.6 Å². The summed E-state index contributed by atoms with van der Waals surface area (Å²) < 4.78 is 0. The molecule has 72 valence electrons. The third-order valence-corrected chi connectivity index (χ3v) is 1.72. The molecule has 0 saturated heterocycles. The van der Waals surface area contributed by atoms with E-state index in [1.807, 2.05) is 0 Å². The van der Waals surface area contributed by atoms with Gasteiger partial charge in [0, 0.05) is 16.7 Å². The highest BCUT2D eigenvalue weighted by atomic mass is 35.5. The molecule has 0 aromatic heterocycles. The fourth-order valence-electron chi connectivity index (χ4n) is 0.885. The summed E-state index contributed by atoms with van der Waals surface area (Å²) >= 11 is 5.66. The first-order chi connectivity index (χ1) is 6.59. The predicted octanol–water partition coefficient (Wildman–Crippen LogP) is 2.16. The van der Waals surface area contributed by atoms with Crippen LogP contribution in [0.25, 0.3) is 0 Å². The molecule has 0 amide bonds. The number of hydrogen-bond acceptors (Lipinski definition) is 2. The van der Waals surface area contributed by atoms with Crippen LogP contribution in [0.4, 0.5) is 0 Å². The van der Waals surface area contributed by atoms with Crippen molar-refractivity contribution in [2.24, 2.45) is 0 Å². The number of halogens is 1. The number of carbonyl (C=O) groups excluding carboxylic acids is 1. The van der Waals surface area contributed by atoms with Crippen LogP contribution in [0.2, 0.25) is 5.02 Å². The molecule has 0 fully saturated rings. The van der Waals surface area contributed by atoms with E-state index in [4.69, 9.17) is 16.7 Å². The summed E-state index contributed by atoms with van der Waals surface area (Å²) in [4.78, 5) is 21.4. The van der Waals surface area contributed by atoms with E-state index in [1.54, 1.807) is 18.2 Å². The van der Waals surface area contributed by atoms with Crippen LogP contribution >= 0.6 is 11.6 Å². The highest BCUT2D eigenvalue weighted by molar-refractivity contribution is 6.31. The number of rotatable bonds is 3. The molecule has 0 atom stereocenters. The molecular weight excluding hydrogens is 204 g/mol. The van der Waals surface area contributed by atoms with E-state index in [2.05, 4.69) is 0 Å². The van der Waals surface area contributed by atoms with Gasteiger partial charge in [-0.2, -0.15) is 0 Å².